The van der Waals surface area contributed by atoms with E-state index >= 15 is 0 Å². The summed E-state index contributed by atoms with van der Waals surface area (Å²) in [6.07, 6.45) is 6.41. The molecule has 4 rings (SSSR count). The summed E-state index contributed by atoms with van der Waals surface area (Å²) in [6, 6.07) is 10.8. The van der Waals surface area contributed by atoms with Crippen molar-refractivity contribution in [2.75, 3.05) is 5.32 Å². The van der Waals surface area contributed by atoms with Crippen LogP contribution in [0.2, 0.25) is 0 Å². The van der Waals surface area contributed by atoms with Crippen LogP contribution < -0.4 is 5.32 Å². The highest BCUT2D eigenvalue weighted by atomic mass is 16.6. The fourth-order valence-electron chi connectivity index (χ4n) is 2.99. The van der Waals surface area contributed by atoms with Gasteiger partial charge in [0, 0.05) is 30.2 Å². The van der Waals surface area contributed by atoms with Crippen molar-refractivity contribution in [3.63, 3.8) is 0 Å². The first-order valence-electron chi connectivity index (χ1n) is 9.32. The molecule has 4 aromatic rings. The lowest BCUT2D eigenvalue weighted by atomic mass is 10.0. The second-order valence-electron chi connectivity index (χ2n) is 6.82. The van der Waals surface area contributed by atoms with E-state index in [1.807, 2.05) is 38.1 Å². The molecule has 0 bridgehead atoms. The zero-order valence-electron chi connectivity index (χ0n) is 16.4. The van der Waals surface area contributed by atoms with Crippen LogP contribution in [0.4, 0.5) is 11.5 Å². The number of aromatic nitrogens is 5. The number of H-pyrrole nitrogens is 1. The molecule has 0 radical (unpaired) electrons. The number of nitro groups is 1. The van der Waals surface area contributed by atoms with E-state index in [1.54, 1.807) is 24.7 Å². The summed E-state index contributed by atoms with van der Waals surface area (Å²) in [7, 11) is 0. The number of nitrogens with one attached hydrogen (secondary N) is 2. The Morgan fingerprint density at radius 1 is 1.07 bits per heavy atom. The zero-order chi connectivity index (χ0) is 21.1. The number of pyridine rings is 1. The molecule has 150 valence electrons. The lowest BCUT2D eigenvalue weighted by molar-refractivity contribution is -0.385. The first-order valence-corrected chi connectivity index (χ1v) is 9.32. The lowest BCUT2D eigenvalue weighted by Gasteiger charge is -2.15. The molecule has 1 atom stereocenters. The summed E-state index contributed by atoms with van der Waals surface area (Å²) in [5.41, 5.74) is 3.62. The van der Waals surface area contributed by atoms with Crippen LogP contribution in [0.25, 0.3) is 22.6 Å². The average Bonchev–Trinajstić information content (AvgIpc) is 3.29. The molecule has 0 spiro atoms. The molecule has 3 heterocycles. The van der Waals surface area contributed by atoms with E-state index < -0.39 is 4.92 Å². The Labute approximate surface area is 172 Å². The van der Waals surface area contributed by atoms with Gasteiger partial charge in [-0.25, -0.2) is 19.9 Å². The van der Waals surface area contributed by atoms with E-state index in [4.69, 9.17) is 4.98 Å². The number of rotatable bonds is 6. The van der Waals surface area contributed by atoms with E-state index in [0.29, 0.717) is 17.5 Å². The van der Waals surface area contributed by atoms with Crippen molar-refractivity contribution in [1.82, 2.24) is 24.9 Å². The summed E-state index contributed by atoms with van der Waals surface area (Å²) < 4.78 is 0. The molecule has 0 aliphatic carbocycles. The number of nitrogens with zero attached hydrogens (tertiary/aromatic N) is 5. The minimum Gasteiger partial charge on any atom is -0.360 e. The number of anilines is 1. The second kappa shape index (κ2) is 8.08. The van der Waals surface area contributed by atoms with Crippen LogP contribution in [0.15, 0.2) is 61.2 Å². The molecule has 0 aliphatic heterocycles. The summed E-state index contributed by atoms with van der Waals surface area (Å²) >= 11 is 0. The quantitative estimate of drug-likeness (QED) is 0.364. The Balaban J connectivity index is 1.67. The van der Waals surface area contributed by atoms with E-state index in [-0.39, 0.29) is 11.7 Å². The van der Waals surface area contributed by atoms with Gasteiger partial charge in [-0.05, 0) is 19.9 Å². The van der Waals surface area contributed by atoms with Crippen LogP contribution >= 0.6 is 0 Å². The lowest BCUT2D eigenvalue weighted by Crippen LogP contribution is -2.12. The maximum Gasteiger partial charge on any atom is 0.287 e. The highest BCUT2D eigenvalue weighted by Crippen LogP contribution is 2.29. The molecule has 2 N–H and O–H groups in total. The molecule has 30 heavy (non-hydrogen) atoms. The van der Waals surface area contributed by atoms with Gasteiger partial charge in [-0.3, -0.25) is 10.1 Å². The third-order valence-electron chi connectivity index (χ3n) is 4.60. The molecular weight excluding hydrogens is 382 g/mol. The molecule has 9 nitrogen and oxygen atoms in total. The fraction of sp³-hybridized carbons (Fsp3) is 0.143. The highest BCUT2D eigenvalue weighted by molar-refractivity contribution is 5.76. The third-order valence-corrected chi connectivity index (χ3v) is 4.60. The molecule has 0 fully saturated rings. The monoisotopic (exact) mass is 401 g/mol. The fourth-order valence-corrected chi connectivity index (χ4v) is 2.99. The van der Waals surface area contributed by atoms with Gasteiger partial charge in [0.1, 0.15) is 17.8 Å². The van der Waals surface area contributed by atoms with Crippen LogP contribution in [0.3, 0.4) is 0 Å². The van der Waals surface area contributed by atoms with Gasteiger partial charge >= 0.3 is 0 Å². The maximum absolute atomic E-state index is 10.8. The topological polar surface area (TPSA) is 123 Å². The van der Waals surface area contributed by atoms with Crippen molar-refractivity contribution in [2.45, 2.75) is 19.9 Å². The molecule has 1 unspecified atom stereocenters. The van der Waals surface area contributed by atoms with Crippen molar-refractivity contribution >= 4 is 11.5 Å². The predicted octanol–water partition coefficient (Wildman–Crippen LogP) is 4.32. The standard InChI is InChI=1S/C21H19N7O2/c1-13-3-5-15(6-4-13)19-17(21-22-9-10-23-21)12-25-20(27-19)14(2)26-18-8-7-16(11-24-18)28(29)30/h3-12,14H,1-2H3,(H,22,23)(H,24,26). The van der Waals surface area contributed by atoms with Crippen molar-refractivity contribution in [3.05, 3.63) is 82.7 Å². The normalized spacial score (nSPS) is 11.8. The van der Waals surface area contributed by atoms with E-state index in [1.165, 1.54) is 12.3 Å². The molecule has 9 heteroatoms. The van der Waals surface area contributed by atoms with Crippen LogP contribution in [0, 0.1) is 17.0 Å². The number of aromatic amines is 1. The summed E-state index contributed by atoms with van der Waals surface area (Å²) in [4.78, 5) is 31.2. The minimum atomic E-state index is -0.482. The Kier molecular flexibility index (Phi) is 5.17. The molecule has 0 saturated heterocycles. The van der Waals surface area contributed by atoms with Gasteiger partial charge in [0.15, 0.2) is 5.82 Å². The van der Waals surface area contributed by atoms with Gasteiger partial charge in [0.2, 0.25) is 0 Å². The first-order chi connectivity index (χ1) is 14.5. The summed E-state index contributed by atoms with van der Waals surface area (Å²) in [5, 5.41) is 14.0. The number of benzene rings is 1. The van der Waals surface area contributed by atoms with Crippen LogP contribution in [-0.2, 0) is 0 Å². The number of hydrogen-bond donors (Lipinski definition) is 2. The summed E-state index contributed by atoms with van der Waals surface area (Å²) in [5.74, 6) is 1.76. The van der Waals surface area contributed by atoms with Gasteiger partial charge in [0.05, 0.1) is 22.2 Å². The van der Waals surface area contributed by atoms with Crippen molar-refractivity contribution in [1.29, 1.82) is 0 Å². The van der Waals surface area contributed by atoms with Crippen LogP contribution in [-0.4, -0.2) is 29.8 Å². The van der Waals surface area contributed by atoms with Crippen molar-refractivity contribution < 1.29 is 4.92 Å². The number of hydrogen-bond acceptors (Lipinski definition) is 7. The van der Waals surface area contributed by atoms with Crippen LogP contribution in [0.1, 0.15) is 24.4 Å². The van der Waals surface area contributed by atoms with Gasteiger partial charge in [-0.15, -0.1) is 0 Å². The van der Waals surface area contributed by atoms with Gasteiger partial charge in [-0.2, -0.15) is 0 Å². The van der Waals surface area contributed by atoms with E-state index in [2.05, 4.69) is 25.3 Å². The predicted molar refractivity (Wildman–Crippen MR) is 113 cm³/mol. The number of imidazole rings is 1. The molecule has 0 saturated carbocycles. The van der Waals surface area contributed by atoms with Gasteiger partial charge < -0.3 is 10.3 Å². The van der Waals surface area contributed by atoms with E-state index in [9.17, 15) is 10.1 Å². The molecule has 1 aromatic carbocycles. The maximum atomic E-state index is 10.8. The van der Waals surface area contributed by atoms with Gasteiger partial charge in [0.25, 0.3) is 5.69 Å². The zero-order valence-corrected chi connectivity index (χ0v) is 16.4. The minimum absolute atomic E-state index is 0.0612. The molecular formula is C21H19N7O2. The Morgan fingerprint density at radius 3 is 2.50 bits per heavy atom. The Hall–Kier alpha value is -4.14. The molecule has 3 aromatic heterocycles. The Morgan fingerprint density at radius 2 is 1.87 bits per heavy atom. The second-order valence-corrected chi connectivity index (χ2v) is 6.82. The van der Waals surface area contributed by atoms with Crippen molar-refractivity contribution in [3.8, 4) is 22.6 Å². The average molecular weight is 401 g/mol. The highest BCUT2D eigenvalue weighted by Gasteiger charge is 2.17. The third kappa shape index (κ3) is 4.00. The van der Waals surface area contributed by atoms with Crippen LogP contribution in [0.5, 0.6) is 0 Å². The first kappa shape index (κ1) is 19.2. The van der Waals surface area contributed by atoms with Crippen molar-refractivity contribution in [2.24, 2.45) is 0 Å². The van der Waals surface area contributed by atoms with E-state index in [0.717, 1.165) is 22.4 Å². The molecule has 0 amide bonds. The summed E-state index contributed by atoms with van der Waals surface area (Å²) in [6.45, 7) is 3.94. The largest absolute Gasteiger partial charge is 0.360 e. The SMILES string of the molecule is Cc1ccc(-c2nc(C(C)Nc3ccc([N+](=O)[O-])cn3)ncc2-c2ncc[nH]2)cc1. The Bertz CT molecular complexity index is 1160. The smallest absolute Gasteiger partial charge is 0.287 e. The molecule has 0 aliphatic rings. The van der Waals surface area contributed by atoms with Gasteiger partial charge in [-0.1, -0.05) is 29.8 Å². The number of aryl methyl sites for hydroxylation is 1.